The molecule has 0 atom stereocenters. The van der Waals surface area contributed by atoms with Crippen LogP contribution in [0.2, 0.25) is 0 Å². The molecule has 1 aliphatic rings. The van der Waals surface area contributed by atoms with Crippen molar-refractivity contribution in [3.05, 3.63) is 285 Å². The van der Waals surface area contributed by atoms with Crippen LogP contribution in [0, 0.1) is 0 Å². The highest BCUT2D eigenvalue weighted by Gasteiger charge is 2.29. The minimum atomic E-state index is 0.805. The smallest absolute Gasteiger partial charge is 0.143 e. The van der Waals surface area contributed by atoms with Gasteiger partial charge in [0, 0.05) is 55.4 Å². The van der Waals surface area contributed by atoms with Crippen LogP contribution in [0.5, 0.6) is 11.5 Å². The first-order valence-electron chi connectivity index (χ1n) is 25.5. The van der Waals surface area contributed by atoms with E-state index in [0.29, 0.717) is 0 Å². The zero-order valence-electron chi connectivity index (χ0n) is 41.4. The molecule has 0 radical (unpaired) electrons. The van der Waals surface area contributed by atoms with Crippen LogP contribution in [0.25, 0.3) is 82.8 Å². The monoisotopic (exact) mass is 962 g/mol. The lowest BCUT2D eigenvalue weighted by Gasteiger charge is -2.32. The maximum Gasteiger partial charge on any atom is 0.143 e. The van der Waals surface area contributed by atoms with E-state index in [1.54, 1.807) is 0 Å². The van der Waals surface area contributed by atoms with Gasteiger partial charge < -0.3 is 19.0 Å². The summed E-state index contributed by atoms with van der Waals surface area (Å²) in [4.78, 5) is 4.73. The van der Waals surface area contributed by atoms with Gasteiger partial charge in [-0.1, -0.05) is 201 Å². The molecule has 0 N–H and O–H groups in total. The molecule has 356 valence electrons. The van der Waals surface area contributed by atoms with Crippen LogP contribution >= 0.6 is 0 Å². The average Bonchev–Trinajstić information content (AvgIpc) is 3.87. The Kier molecular flexibility index (Phi) is 11.6. The molecular formula is C71H50N2O2. The number of hydrogen-bond acceptors (Lipinski definition) is 4. The van der Waals surface area contributed by atoms with Gasteiger partial charge in [0.25, 0.3) is 0 Å². The molecule has 0 spiro atoms. The van der Waals surface area contributed by atoms with Gasteiger partial charge in [-0.2, -0.15) is 0 Å². The van der Waals surface area contributed by atoms with Crippen molar-refractivity contribution in [2.75, 3.05) is 9.80 Å². The topological polar surface area (TPSA) is 28.9 Å². The zero-order chi connectivity index (χ0) is 50.2. The maximum atomic E-state index is 7.05. The summed E-state index contributed by atoms with van der Waals surface area (Å²) >= 11 is 0. The van der Waals surface area contributed by atoms with Crippen LogP contribution in [-0.4, -0.2) is 0 Å². The number of anilines is 6. The van der Waals surface area contributed by atoms with Gasteiger partial charge in [-0.3, -0.25) is 0 Å². The van der Waals surface area contributed by atoms with Crippen molar-refractivity contribution in [2.24, 2.45) is 0 Å². The summed E-state index contributed by atoms with van der Waals surface area (Å²) in [6.45, 7) is 6.03. The molecule has 75 heavy (non-hydrogen) atoms. The number of furan rings is 1. The Bertz CT molecular complexity index is 4050. The van der Waals surface area contributed by atoms with Crippen molar-refractivity contribution in [3.63, 3.8) is 0 Å². The molecule has 0 bridgehead atoms. The maximum absolute atomic E-state index is 7.05. The molecule has 0 amide bonds. The number of nitrogens with zero attached hydrogens (tertiary/aromatic N) is 2. The number of rotatable bonds is 12. The second kappa shape index (κ2) is 19.3. The highest BCUT2D eigenvalue weighted by atomic mass is 16.5. The Morgan fingerprint density at radius 3 is 1.56 bits per heavy atom. The molecule has 12 aromatic rings. The van der Waals surface area contributed by atoms with E-state index < -0.39 is 0 Å². The lowest BCUT2D eigenvalue weighted by molar-refractivity contribution is 0.487. The average molecular weight is 963 g/mol. The summed E-state index contributed by atoms with van der Waals surface area (Å²) in [5.74, 6) is 1.62. The number of ether oxygens (including phenoxy) is 1. The van der Waals surface area contributed by atoms with Gasteiger partial charge in [0.05, 0.1) is 11.4 Å². The largest absolute Gasteiger partial charge is 0.456 e. The van der Waals surface area contributed by atoms with E-state index in [2.05, 4.69) is 265 Å². The molecule has 1 aliphatic heterocycles. The van der Waals surface area contributed by atoms with E-state index in [0.717, 1.165) is 123 Å². The van der Waals surface area contributed by atoms with Gasteiger partial charge in [-0.15, -0.1) is 0 Å². The van der Waals surface area contributed by atoms with Crippen LogP contribution < -0.4 is 14.5 Å². The number of hydrogen-bond donors (Lipinski definition) is 0. The van der Waals surface area contributed by atoms with Gasteiger partial charge in [0.15, 0.2) is 0 Å². The van der Waals surface area contributed by atoms with Crippen molar-refractivity contribution in [1.82, 2.24) is 0 Å². The van der Waals surface area contributed by atoms with E-state index >= 15 is 0 Å². The third-order valence-corrected chi connectivity index (χ3v) is 14.4. The standard InChI is InChI=1S/C71H50N2O2/c1-3-16-48(17-4-2)51-30-38-55(39-31-51)72(56-44-36-54(37-45-56)59-23-13-24-61-60-22-11-12-28-66(60)75-71(59)61)64-46-47-68-69-62(64)25-14-26-63(69)70-65(27-15-29-67(70)74-68)73(57-40-32-52(33-41-57)49-18-7-5-8-19-49)58-42-34-53(35-43-58)50-20-9-6-10-21-50/h3-47H,1H2,2H3/b17-4-,48-16+. The predicted octanol–water partition coefficient (Wildman–Crippen LogP) is 20.6. The van der Waals surface area contributed by atoms with Gasteiger partial charge in [0.2, 0.25) is 0 Å². The lowest BCUT2D eigenvalue weighted by Crippen LogP contribution is -2.13. The van der Waals surface area contributed by atoms with Crippen LogP contribution in [-0.2, 0) is 0 Å². The van der Waals surface area contributed by atoms with Crippen molar-refractivity contribution in [3.8, 4) is 56.0 Å². The molecule has 0 unspecified atom stereocenters. The van der Waals surface area contributed by atoms with Crippen LogP contribution in [0.4, 0.5) is 34.1 Å². The Labute approximate surface area is 437 Å². The fourth-order valence-corrected chi connectivity index (χ4v) is 10.9. The van der Waals surface area contributed by atoms with E-state index in [1.165, 1.54) is 11.1 Å². The molecular weight excluding hydrogens is 913 g/mol. The van der Waals surface area contributed by atoms with Gasteiger partial charge in [0.1, 0.15) is 22.7 Å². The minimum absolute atomic E-state index is 0.805. The Balaban J connectivity index is 0.962. The normalized spacial score (nSPS) is 12.0. The van der Waals surface area contributed by atoms with Crippen molar-refractivity contribution in [2.45, 2.75) is 6.92 Å². The lowest BCUT2D eigenvalue weighted by atomic mass is 9.91. The quantitative estimate of drug-likeness (QED) is 0.114. The molecule has 13 rings (SSSR count). The first-order chi connectivity index (χ1) is 37.1. The fourth-order valence-electron chi connectivity index (χ4n) is 10.9. The van der Waals surface area contributed by atoms with Gasteiger partial charge in [-0.05, 0) is 130 Å². The molecule has 0 fully saturated rings. The predicted molar refractivity (Wildman–Crippen MR) is 315 cm³/mol. The SMILES string of the molecule is C=C/C=C(\C=C/C)c1ccc(N(c2ccc(-c3cccc4c3oc3ccccc34)cc2)c2ccc3c4c(cccc24)-c2c(cccc2N(c2ccc(-c4ccccc4)cc2)c2ccc(-c4ccccc4)cc2)O3)cc1. The highest BCUT2D eigenvalue weighted by Crippen LogP contribution is 2.55. The van der Waals surface area contributed by atoms with Gasteiger partial charge >= 0.3 is 0 Å². The van der Waals surface area contributed by atoms with Gasteiger partial charge in [-0.25, -0.2) is 0 Å². The zero-order valence-corrected chi connectivity index (χ0v) is 41.4. The summed E-state index contributed by atoms with van der Waals surface area (Å²) in [5.41, 5.74) is 19.1. The second-order valence-corrected chi connectivity index (χ2v) is 18.8. The summed E-state index contributed by atoms with van der Waals surface area (Å²) in [5, 5.41) is 4.34. The van der Waals surface area contributed by atoms with Crippen LogP contribution in [0.3, 0.4) is 0 Å². The Morgan fingerprint density at radius 1 is 0.413 bits per heavy atom. The van der Waals surface area contributed by atoms with Crippen molar-refractivity contribution in [1.29, 1.82) is 0 Å². The first-order valence-corrected chi connectivity index (χ1v) is 25.5. The Morgan fingerprint density at radius 2 is 0.933 bits per heavy atom. The Hall–Kier alpha value is -9.90. The van der Waals surface area contributed by atoms with E-state index in [1.807, 2.05) is 31.2 Å². The van der Waals surface area contributed by atoms with Crippen molar-refractivity contribution < 1.29 is 9.15 Å². The highest BCUT2D eigenvalue weighted by molar-refractivity contribution is 6.13. The first kappa shape index (κ1) is 45.0. The second-order valence-electron chi connectivity index (χ2n) is 18.8. The molecule has 4 nitrogen and oxygen atoms in total. The number of para-hydroxylation sites is 2. The number of benzene rings is 11. The summed E-state index contributed by atoms with van der Waals surface area (Å²) < 4.78 is 13.6. The molecule has 4 heteroatoms. The fraction of sp³-hybridized carbons (Fsp3) is 0.0141. The van der Waals surface area contributed by atoms with E-state index in [9.17, 15) is 0 Å². The summed E-state index contributed by atoms with van der Waals surface area (Å²) in [7, 11) is 0. The molecule has 2 heterocycles. The van der Waals surface area contributed by atoms with E-state index in [4.69, 9.17) is 9.15 Å². The summed E-state index contributed by atoms with van der Waals surface area (Å²) in [6, 6.07) is 88.6. The van der Waals surface area contributed by atoms with Crippen LogP contribution in [0.15, 0.2) is 284 Å². The van der Waals surface area contributed by atoms with Crippen LogP contribution in [0.1, 0.15) is 12.5 Å². The molecule has 0 saturated carbocycles. The number of fused-ring (bicyclic) bond motifs is 5. The number of allylic oxidation sites excluding steroid dienone is 5. The minimum Gasteiger partial charge on any atom is -0.456 e. The summed E-state index contributed by atoms with van der Waals surface area (Å²) in [6.07, 6.45) is 8.07. The molecule has 11 aromatic carbocycles. The third-order valence-electron chi connectivity index (χ3n) is 14.4. The molecule has 0 saturated heterocycles. The molecule has 1 aromatic heterocycles. The molecule has 0 aliphatic carbocycles. The van der Waals surface area contributed by atoms with Crippen molar-refractivity contribution >= 4 is 72.4 Å². The van der Waals surface area contributed by atoms with E-state index in [-0.39, 0.29) is 0 Å². The third kappa shape index (κ3) is 8.16.